The number of nitrogens with one attached hydrogen (secondary N) is 2. The molecule has 2 N–H and O–H groups in total. The highest BCUT2D eigenvalue weighted by molar-refractivity contribution is 7.89. The van der Waals surface area contributed by atoms with Gasteiger partial charge in [-0.1, -0.05) is 18.5 Å². The van der Waals surface area contributed by atoms with Gasteiger partial charge in [-0.05, 0) is 38.5 Å². The van der Waals surface area contributed by atoms with Crippen LogP contribution in [0.3, 0.4) is 0 Å². The number of piperidine rings is 1. The van der Waals surface area contributed by atoms with Crippen LogP contribution in [-0.2, 0) is 10.0 Å². The third-order valence-corrected chi connectivity index (χ3v) is 5.28. The number of aromatic amines is 1. The molecule has 2 rings (SSSR count). The second-order valence-electron chi connectivity index (χ2n) is 4.84. The minimum atomic E-state index is -3.65. The van der Waals surface area contributed by atoms with Gasteiger partial charge in [0.05, 0.1) is 4.90 Å². The Morgan fingerprint density at radius 1 is 1.45 bits per heavy atom. The van der Waals surface area contributed by atoms with Gasteiger partial charge in [0.25, 0.3) is 5.56 Å². The van der Waals surface area contributed by atoms with Crippen molar-refractivity contribution in [3.05, 3.63) is 27.6 Å². The Morgan fingerprint density at radius 3 is 2.65 bits per heavy atom. The Balaban J connectivity index is 2.08. The first-order valence-corrected chi connectivity index (χ1v) is 8.41. The predicted octanol–water partition coefficient (Wildman–Crippen LogP) is 0.791. The molecule has 0 spiro atoms. The molecule has 1 saturated heterocycles. The lowest BCUT2D eigenvalue weighted by molar-refractivity contribution is 0.217. The van der Waals surface area contributed by atoms with Crippen molar-refractivity contribution < 1.29 is 8.42 Å². The fraction of sp³-hybridized carbons (Fsp3) is 0.583. The van der Waals surface area contributed by atoms with E-state index in [4.69, 9.17) is 11.6 Å². The Morgan fingerprint density at radius 2 is 2.10 bits per heavy atom. The van der Waals surface area contributed by atoms with E-state index < -0.39 is 15.6 Å². The van der Waals surface area contributed by atoms with Gasteiger partial charge in [0.2, 0.25) is 10.0 Å². The van der Waals surface area contributed by atoms with Gasteiger partial charge >= 0.3 is 0 Å². The van der Waals surface area contributed by atoms with Crippen LogP contribution in [0.5, 0.6) is 0 Å². The minimum absolute atomic E-state index is 0.0139. The van der Waals surface area contributed by atoms with E-state index in [0.29, 0.717) is 0 Å². The van der Waals surface area contributed by atoms with Gasteiger partial charge < -0.3 is 9.88 Å². The first kappa shape index (κ1) is 15.5. The summed E-state index contributed by atoms with van der Waals surface area (Å²) in [5, 5.41) is -0.131. The smallest absolute Gasteiger partial charge is 0.266 e. The van der Waals surface area contributed by atoms with Crippen molar-refractivity contribution in [1.29, 1.82) is 0 Å². The largest absolute Gasteiger partial charge is 0.326 e. The molecule has 20 heavy (non-hydrogen) atoms. The van der Waals surface area contributed by atoms with Crippen molar-refractivity contribution >= 4 is 21.6 Å². The summed E-state index contributed by atoms with van der Waals surface area (Å²) in [7, 11) is -3.65. The number of hydrogen-bond donors (Lipinski definition) is 2. The van der Waals surface area contributed by atoms with E-state index in [1.165, 1.54) is 6.07 Å². The molecule has 8 heteroatoms. The second-order valence-corrected chi connectivity index (χ2v) is 6.96. The molecule has 1 aliphatic heterocycles. The molecule has 1 fully saturated rings. The fourth-order valence-electron chi connectivity index (χ4n) is 2.25. The number of nitrogens with zero attached hydrogens (tertiary/aromatic N) is 1. The Bertz CT molecular complexity index is 621. The highest BCUT2D eigenvalue weighted by atomic mass is 35.5. The van der Waals surface area contributed by atoms with Crippen molar-refractivity contribution in [3.63, 3.8) is 0 Å². The molecule has 2 heterocycles. The van der Waals surface area contributed by atoms with Crippen LogP contribution in [0.1, 0.15) is 19.8 Å². The van der Waals surface area contributed by atoms with Crippen LogP contribution < -0.4 is 10.3 Å². The van der Waals surface area contributed by atoms with Gasteiger partial charge in [-0.3, -0.25) is 4.79 Å². The number of halogens is 1. The van der Waals surface area contributed by atoms with Crippen LogP contribution in [0.25, 0.3) is 0 Å². The monoisotopic (exact) mass is 319 g/mol. The molecule has 1 aromatic heterocycles. The zero-order valence-corrected chi connectivity index (χ0v) is 12.8. The van der Waals surface area contributed by atoms with Crippen molar-refractivity contribution in [3.8, 4) is 0 Å². The Labute approximate surface area is 123 Å². The molecule has 0 aromatic carbocycles. The summed E-state index contributed by atoms with van der Waals surface area (Å²) in [6, 6.07) is 1.10. The topological polar surface area (TPSA) is 82.3 Å². The Kier molecular flexibility index (Phi) is 4.85. The third-order valence-electron chi connectivity index (χ3n) is 3.50. The first-order chi connectivity index (χ1) is 9.42. The maximum Gasteiger partial charge on any atom is 0.266 e. The van der Waals surface area contributed by atoms with Gasteiger partial charge in [-0.15, -0.1) is 0 Å². The molecule has 112 valence electrons. The quantitative estimate of drug-likeness (QED) is 0.859. The molecule has 6 nitrogen and oxygen atoms in total. The van der Waals surface area contributed by atoms with Crippen LogP contribution in [0, 0.1) is 0 Å². The average molecular weight is 320 g/mol. The highest BCUT2D eigenvalue weighted by Gasteiger charge is 2.24. The minimum Gasteiger partial charge on any atom is -0.326 e. The standard InChI is InChI=1S/C12H18ClN3O3S/c1-2-16-5-3-9(4-6-16)15-20(18,19)10-7-11(13)12(17)14-8-10/h7-9,15H,2-6H2,1H3,(H,14,17). The number of H-pyrrole nitrogens is 1. The van der Waals surface area contributed by atoms with Crippen LogP contribution in [0.4, 0.5) is 0 Å². The van der Waals surface area contributed by atoms with Crippen LogP contribution in [0.15, 0.2) is 22.0 Å². The zero-order valence-electron chi connectivity index (χ0n) is 11.2. The van der Waals surface area contributed by atoms with Gasteiger partial charge in [0, 0.05) is 12.2 Å². The fourth-order valence-corrected chi connectivity index (χ4v) is 3.78. The van der Waals surface area contributed by atoms with Crippen LogP contribution in [0.2, 0.25) is 5.02 Å². The van der Waals surface area contributed by atoms with E-state index >= 15 is 0 Å². The predicted molar refractivity (Wildman–Crippen MR) is 77.5 cm³/mol. The lowest BCUT2D eigenvalue weighted by atomic mass is 10.1. The molecule has 0 atom stereocenters. The molecular weight excluding hydrogens is 302 g/mol. The summed E-state index contributed by atoms with van der Waals surface area (Å²) in [5.74, 6) is 0. The maximum atomic E-state index is 12.2. The lowest BCUT2D eigenvalue weighted by Crippen LogP contribution is -2.44. The van der Waals surface area contributed by atoms with Crippen molar-refractivity contribution in [1.82, 2.24) is 14.6 Å². The van der Waals surface area contributed by atoms with E-state index in [-0.39, 0.29) is 16.0 Å². The summed E-state index contributed by atoms with van der Waals surface area (Å²) in [5.41, 5.74) is -0.498. The highest BCUT2D eigenvalue weighted by Crippen LogP contribution is 2.15. The summed E-state index contributed by atoms with van der Waals surface area (Å²) >= 11 is 5.66. The lowest BCUT2D eigenvalue weighted by Gasteiger charge is -2.31. The molecule has 0 amide bonds. The molecular formula is C12H18ClN3O3S. The van der Waals surface area contributed by atoms with Gasteiger partial charge in [-0.25, -0.2) is 13.1 Å². The number of aromatic nitrogens is 1. The van der Waals surface area contributed by atoms with E-state index in [2.05, 4.69) is 21.5 Å². The van der Waals surface area contributed by atoms with Gasteiger partial charge in [0.1, 0.15) is 5.02 Å². The summed E-state index contributed by atoms with van der Waals surface area (Å²) in [6.45, 7) is 4.84. The molecule has 0 unspecified atom stereocenters. The molecule has 0 saturated carbocycles. The molecule has 1 aromatic rings. The van der Waals surface area contributed by atoms with Gasteiger partial charge in [-0.2, -0.15) is 0 Å². The maximum absolute atomic E-state index is 12.2. The average Bonchev–Trinajstić information content (AvgIpc) is 2.42. The normalized spacial score (nSPS) is 18.3. The summed E-state index contributed by atoms with van der Waals surface area (Å²) in [6.07, 6.45) is 2.73. The number of rotatable bonds is 4. The van der Waals surface area contributed by atoms with Crippen LogP contribution >= 0.6 is 11.6 Å². The van der Waals surface area contributed by atoms with Crippen LogP contribution in [-0.4, -0.2) is 44.0 Å². The molecule has 0 aliphatic carbocycles. The summed E-state index contributed by atoms with van der Waals surface area (Å²) in [4.78, 5) is 15.7. The number of sulfonamides is 1. The van der Waals surface area contributed by atoms with E-state index in [1.807, 2.05) is 0 Å². The summed E-state index contributed by atoms with van der Waals surface area (Å²) < 4.78 is 27.1. The van der Waals surface area contributed by atoms with Crippen molar-refractivity contribution in [2.24, 2.45) is 0 Å². The molecule has 0 radical (unpaired) electrons. The van der Waals surface area contributed by atoms with E-state index in [9.17, 15) is 13.2 Å². The third kappa shape index (κ3) is 3.60. The Hall–Kier alpha value is -0.890. The number of likely N-dealkylation sites (tertiary alicyclic amines) is 1. The van der Waals surface area contributed by atoms with Crippen molar-refractivity contribution in [2.45, 2.75) is 30.7 Å². The molecule has 0 bridgehead atoms. The molecule has 1 aliphatic rings. The van der Waals surface area contributed by atoms with Crippen molar-refractivity contribution in [2.75, 3.05) is 19.6 Å². The van der Waals surface area contributed by atoms with E-state index in [0.717, 1.165) is 38.7 Å². The SMILES string of the molecule is CCN1CCC(NS(=O)(=O)c2c[nH]c(=O)c(Cl)c2)CC1. The van der Waals surface area contributed by atoms with Gasteiger partial charge in [0.15, 0.2) is 0 Å². The zero-order chi connectivity index (χ0) is 14.8. The second kappa shape index (κ2) is 6.26. The number of pyridine rings is 1. The van der Waals surface area contributed by atoms with E-state index in [1.54, 1.807) is 0 Å². The first-order valence-electron chi connectivity index (χ1n) is 6.55. The number of hydrogen-bond acceptors (Lipinski definition) is 4.